The molecule has 0 amide bonds. The van der Waals surface area contributed by atoms with Crippen LogP contribution < -0.4 is 9.47 Å². The van der Waals surface area contributed by atoms with Gasteiger partial charge in [0.05, 0.1) is 25.5 Å². The van der Waals surface area contributed by atoms with Crippen molar-refractivity contribution < 1.29 is 19.1 Å². The van der Waals surface area contributed by atoms with Crippen LogP contribution in [-0.2, 0) is 9.63 Å². The summed E-state index contributed by atoms with van der Waals surface area (Å²) in [5, 5.41) is 3.62. The molecule has 0 unspecified atom stereocenters. The Morgan fingerprint density at radius 3 is 2.61 bits per heavy atom. The average molecular weight is 247 g/mol. The van der Waals surface area contributed by atoms with Crippen molar-refractivity contribution in [2.75, 3.05) is 14.2 Å². The second-order valence-electron chi connectivity index (χ2n) is 3.72. The number of benzene rings is 1. The minimum absolute atomic E-state index is 0.429. The fourth-order valence-corrected chi connectivity index (χ4v) is 1.61. The highest BCUT2D eigenvalue weighted by atomic mass is 16.7. The summed E-state index contributed by atoms with van der Waals surface area (Å²) in [6, 6.07) is 5.35. The van der Waals surface area contributed by atoms with Crippen LogP contribution in [0.4, 0.5) is 0 Å². The number of carbonyl (C=O) groups excluding carboxylic acids is 1. The van der Waals surface area contributed by atoms with Crippen LogP contribution in [0, 0.1) is 0 Å². The van der Waals surface area contributed by atoms with Crippen LogP contribution in [0.3, 0.4) is 0 Å². The first kappa shape index (κ1) is 12.2. The maximum Gasteiger partial charge on any atom is 0.367 e. The highest BCUT2D eigenvalue weighted by molar-refractivity contribution is 6.24. The number of carbonyl (C=O) groups is 1. The lowest BCUT2D eigenvalue weighted by Gasteiger charge is -2.07. The van der Waals surface area contributed by atoms with Crippen molar-refractivity contribution in [3.05, 3.63) is 29.3 Å². The van der Waals surface area contributed by atoms with Crippen molar-refractivity contribution in [3.63, 3.8) is 0 Å². The third-order valence-corrected chi connectivity index (χ3v) is 2.62. The van der Waals surface area contributed by atoms with E-state index >= 15 is 0 Å². The number of oxime groups is 1. The van der Waals surface area contributed by atoms with Crippen molar-refractivity contribution in [3.8, 4) is 11.5 Å². The largest absolute Gasteiger partial charge is 0.497 e. The SMILES string of the molecule is COc1ccc(/C=C2\C(=O)ON=C2C)c(OC)c1. The number of hydrogen-bond donors (Lipinski definition) is 0. The molecule has 0 saturated heterocycles. The van der Waals surface area contributed by atoms with Gasteiger partial charge in [-0.05, 0) is 25.1 Å². The van der Waals surface area contributed by atoms with Gasteiger partial charge in [-0.3, -0.25) is 0 Å². The van der Waals surface area contributed by atoms with E-state index in [1.165, 1.54) is 0 Å². The van der Waals surface area contributed by atoms with Crippen LogP contribution in [0.2, 0.25) is 0 Å². The molecule has 0 spiro atoms. The molecule has 0 saturated carbocycles. The van der Waals surface area contributed by atoms with Crippen molar-refractivity contribution in [2.45, 2.75) is 6.92 Å². The molecule has 0 aliphatic carbocycles. The number of ether oxygens (including phenoxy) is 2. The smallest absolute Gasteiger partial charge is 0.367 e. The molecular weight excluding hydrogens is 234 g/mol. The molecule has 0 fully saturated rings. The van der Waals surface area contributed by atoms with Crippen LogP contribution in [-0.4, -0.2) is 25.9 Å². The first-order chi connectivity index (χ1) is 8.65. The lowest BCUT2D eigenvalue weighted by molar-refractivity contribution is -0.136. The molecule has 1 aromatic rings. The van der Waals surface area contributed by atoms with Crippen molar-refractivity contribution >= 4 is 17.8 Å². The van der Waals surface area contributed by atoms with Crippen LogP contribution in [0.1, 0.15) is 12.5 Å². The van der Waals surface area contributed by atoms with Gasteiger partial charge >= 0.3 is 5.97 Å². The van der Waals surface area contributed by atoms with Gasteiger partial charge in [-0.15, -0.1) is 0 Å². The monoisotopic (exact) mass is 247 g/mol. The lowest BCUT2D eigenvalue weighted by Crippen LogP contribution is -2.02. The van der Waals surface area contributed by atoms with E-state index in [0.717, 1.165) is 5.56 Å². The number of nitrogens with zero attached hydrogens (tertiary/aromatic N) is 1. The molecule has 5 heteroatoms. The zero-order valence-corrected chi connectivity index (χ0v) is 10.4. The van der Waals surface area contributed by atoms with Gasteiger partial charge in [-0.25, -0.2) is 4.79 Å². The number of rotatable bonds is 3. The molecular formula is C13H13NO4. The molecule has 1 heterocycles. The summed E-state index contributed by atoms with van der Waals surface area (Å²) in [5.74, 6) is 0.855. The third-order valence-electron chi connectivity index (χ3n) is 2.62. The minimum atomic E-state index is -0.453. The van der Waals surface area contributed by atoms with E-state index in [1.807, 2.05) is 6.07 Å². The molecule has 0 N–H and O–H groups in total. The fourth-order valence-electron chi connectivity index (χ4n) is 1.61. The van der Waals surface area contributed by atoms with E-state index in [1.54, 1.807) is 39.4 Å². The molecule has 0 radical (unpaired) electrons. The van der Waals surface area contributed by atoms with Gasteiger partial charge in [0, 0.05) is 11.6 Å². The van der Waals surface area contributed by atoms with Crippen LogP contribution in [0.5, 0.6) is 11.5 Å². The summed E-state index contributed by atoms with van der Waals surface area (Å²) in [4.78, 5) is 16.0. The fraction of sp³-hybridized carbons (Fsp3) is 0.231. The van der Waals surface area contributed by atoms with Crippen LogP contribution >= 0.6 is 0 Å². The van der Waals surface area contributed by atoms with E-state index in [2.05, 4.69) is 9.99 Å². The minimum Gasteiger partial charge on any atom is -0.497 e. The van der Waals surface area contributed by atoms with Gasteiger partial charge in [0.25, 0.3) is 0 Å². The Labute approximate surface area is 105 Å². The first-order valence-electron chi connectivity index (χ1n) is 5.35. The Bertz CT molecular complexity index is 546. The molecule has 18 heavy (non-hydrogen) atoms. The molecule has 0 atom stereocenters. The predicted molar refractivity (Wildman–Crippen MR) is 66.7 cm³/mol. The summed E-state index contributed by atoms with van der Waals surface area (Å²) >= 11 is 0. The summed E-state index contributed by atoms with van der Waals surface area (Å²) < 4.78 is 10.4. The second-order valence-corrected chi connectivity index (χ2v) is 3.72. The average Bonchev–Trinajstić information content (AvgIpc) is 2.71. The zero-order chi connectivity index (χ0) is 13.1. The van der Waals surface area contributed by atoms with E-state index in [4.69, 9.17) is 9.47 Å². The quantitative estimate of drug-likeness (QED) is 0.605. The van der Waals surface area contributed by atoms with Gasteiger partial charge in [0.15, 0.2) is 0 Å². The van der Waals surface area contributed by atoms with E-state index in [-0.39, 0.29) is 0 Å². The number of hydrogen-bond acceptors (Lipinski definition) is 5. The predicted octanol–water partition coefficient (Wildman–Crippen LogP) is 2.02. The van der Waals surface area contributed by atoms with Crippen molar-refractivity contribution in [1.82, 2.24) is 0 Å². The summed E-state index contributed by atoms with van der Waals surface area (Å²) in [7, 11) is 3.14. The Kier molecular flexibility index (Phi) is 3.32. The van der Waals surface area contributed by atoms with Gasteiger partial charge < -0.3 is 14.3 Å². The molecule has 0 aromatic heterocycles. The van der Waals surface area contributed by atoms with Crippen LogP contribution in [0.25, 0.3) is 6.08 Å². The molecule has 1 aliphatic heterocycles. The van der Waals surface area contributed by atoms with E-state index < -0.39 is 5.97 Å². The molecule has 5 nitrogen and oxygen atoms in total. The Morgan fingerprint density at radius 2 is 2.06 bits per heavy atom. The second kappa shape index (κ2) is 4.91. The standard InChI is InChI=1S/C13H13NO4/c1-8-11(13(15)18-14-8)6-9-4-5-10(16-2)7-12(9)17-3/h4-7H,1-3H3/b11-6-. The molecule has 1 aromatic carbocycles. The van der Waals surface area contributed by atoms with Crippen molar-refractivity contribution in [1.29, 1.82) is 0 Å². The van der Waals surface area contributed by atoms with Gasteiger partial charge in [-0.2, -0.15) is 0 Å². The Hall–Kier alpha value is -2.30. The first-order valence-corrected chi connectivity index (χ1v) is 5.35. The molecule has 2 rings (SSSR count). The lowest BCUT2D eigenvalue weighted by atomic mass is 10.1. The topological polar surface area (TPSA) is 57.1 Å². The van der Waals surface area contributed by atoms with E-state index in [9.17, 15) is 4.79 Å². The van der Waals surface area contributed by atoms with Gasteiger partial charge in [-0.1, -0.05) is 5.16 Å². The zero-order valence-electron chi connectivity index (χ0n) is 10.4. The summed E-state index contributed by atoms with van der Waals surface area (Å²) in [6.45, 7) is 1.72. The van der Waals surface area contributed by atoms with Gasteiger partial charge in [0.1, 0.15) is 11.5 Å². The third kappa shape index (κ3) is 2.20. The number of methoxy groups -OCH3 is 2. The highest BCUT2D eigenvalue weighted by Crippen LogP contribution is 2.27. The molecule has 1 aliphatic rings. The Balaban J connectivity index is 2.43. The van der Waals surface area contributed by atoms with Gasteiger partial charge in [0.2, 0.25) is 0 Å². The summed E-state index contributed by atoms with van der Waals surface area (Å²) in [5.41, 5.74) is 1.75. The normalized spacial score (nSPS) is 16.5. The van der Waals surface area contributed by atoms with Crippen molar-refractivity contribution in [2.24, 2.45) is 5.16 Å². The molecule has 0 bridgehead atoms. The maximum absolute atomic E-state index is 11.4. The molecule has 94 valence electrons. The van der Waals surface area contributed by atoms with E-state index in [0.29, 0.717) is 22.8 Å². The Morgan fingerprint density at radius 1 is 1.28 bits per heavy atom. The highest BCUT2D eigenvalue weighted by Gasteiger charge is 2.22. The van der Waals surface area contributed by atoms with Crippen LogP contribution in [0.15, 0.2) is 28.9 Å². The summed E-state index contributed by atoms with van der Waals surface area (Å²) in [6.07, 6.45) is 1.69. The maximum atomic E-state index is 11.4.